The summed E-state index contributed by atoms with van der Waals surface area (Å²) in [7, 11) is 1.58. The molecule has 0 radical (unpaired) electrons. The molecule has 0 aromatic heterocycles. The summed E-state index contributed by atoms with van der Waals surface area (Å²) in [6, 6.07) is 13.8. The zero-order chi connectivity index (χ0) is 21.9. The summed E-state index contributed by atoms with van der Waals surface area (Å²) in [5.41, 5.74) is 1.27. The molecule has 8 nitrogen and oxygen atoms in total. The highest BCUT2D eigenvalue weighted by Gasteiger charge is 2.18. The number of amides is 2. The molecule has 0 aliphatic rings. The molecule has 0 fully saturated rings. The maximum atomic E-state index is 12.1. The van der Waals surface area contributed by atoms with E-state index in [0.29, 0.717) is 24.5 Å². The normalized spacial score (nSPS) is 11.2. The minimum absolute atomic E-state index is 0.291. The predicted octanol–water partition coefficient (Wildman–Crippen LogP) is 2.07. The van der Waals surface area contributed by atoms with Crippen LogP contribution in [0, 0.1) is 0 Å². The Bertz CT molecular complexity index is 849. The molecule has 2 N–H and O–H groups in total. The molecule has 0 saturated heterocycles. The van der Waals surface area contributed by atoms with Crippen LogP contribution in [0.5, 0.6) is 11.5 Å². The van der Waals surface area contributed by atoms with Gasteiger partial charge in [0.1, 0.15) is 18.0 Å². The summed E-state index contributed by atoms with van der Waals surface area (Å²) in [6.07, 6.45) is -0.988. The van der Waals surface area contributed by atoms with Gasteiger partial charge in [0, 0.05) is 12.1 Å². The minimum Gasteiger partial charge on any atom is -0.497 e. The first-order valence-corrected chi connectivity index (χ1v) is 9.54. The second-order valence-electron chi connectivity index (χ2n) is 6.34. The van der Waals surface area contributed by atoms with E-state index in [1.54, 1.807) is 43.5 Å². The van der Waals surface area contributed by atoms with E-state index in [1.165, 1.54) is 6.92 Å². The SMILES string of the molecule is CCOc1ccc(C(=O)NCC(=O)O[C@@H](C)C(=O)NCc2ccc(OC)cc2)cc1. The average Bonchev–Trinajstić information content (AvgIpc) is 2.76. The molecule has 0 unspecified atom stereocenters. The van der Waals surface area contributed by atoms with Crippen molar-refractivity contribution >= 4 is 17.8 Å². The summed E-state index contributed by atoms with van der Waals surface area (Å²) in [4.78, 5) is 36.1. The van der Waals surface area contributed by atoms with Gasteiger partial charge >= 0.3 is 5.97 Å². The highest BCUT2D eigenvalue weighted by Crippen LogP contribution is 2.12. The van der Waals surface area contributed by atoms with Gasteiger partial charge in [0.15, 0.2) is 6.10 Å². The standard InChI is InChI=1S/C22H26N2O6/c1-4-29-19-11-7-17(8-12-19)22(27)24-14-20(25)30-15(2)21(26)23-13-16-5-9-18(28-3)10-6-16/h5-12,15H,4,13-14H2,1-3H3,(H,23,26)(H,24,27)/t15-/m0/s1. The number of carbonyl (C=O) groups is 3. The van der Waals surface area contributed by atoms with Gasteiger partial charge in [-0.2, -0.15) is 0 Å². The highest BCUT2D eigenvalue weighted by molar-refractivity contribution is 5.96. The molecule has 8 heteroatoms. The molecule has 1 atom stereocenters. The third-order valence-corrected chi connectivity index (χ3v) is 4.12. The number of nitrogens with one attached hydrogen (secondary N) is 2. The lowest BCUT2D eigenvalue weighted by atomic mass is 10.2. The van der Waals surface area contributed by atoms with Crippen LogP contribution in [0.1, 0.15) is 29.8 Å². The van der Waals surface area contributed by atoms with Gasteiger partial charge < -0.3 is 24.8 Å². The fourth-order valence-corrected chi connectivity index (χ4v) is 2.49. The zero-order valence-corrected chi connectivity index (χ0v) is 17.3. The molecule has 2 aromatic carbocycles. The Balaban J connectivity index is 1.73. The van der Waals surface area contributed by atoms with Gasteiger partial charge in [-0.25, -0.2) is 0 Å². The lowest BCUT2D eigenvalue weighted by Crippen LogP contribution is -2.38. The summed E-state index contributed by atoms with van der Waals surface area (Å²) in [5.74, 6) is -0.187. The summed E-state index contributed by atoms with van der Waals surface area (Å²) >= 11 is 0. The van der Waals surface area contributed by atoms with Crippen molar-refractivity contribution < 1.29 is 28.6 Å². The number of benzene rings is 2. The molecule has 2 aromatic rings. The van der Waals surface area contributed by atoms with E-state index in [1.807, 2.05) is 19.1 Å². The van der Waals surface area contributed by atoms with Gasteiger partial charge in [-0.05, 0) is 55.8 Å². The molecule has 0 bridgehead atoms. The molecule has 2 amide bonds. The van der Waals surface area contributed by atoms with E-state index in [9.17, 15) is 14.4 Å². The molecule has 0 heterocycles. The van der Waals surface area contributed by atoms with Crippen molar-refractivity contribution in [2.45, 2.75) is 26.5 Å². The number of carbonyl (C=O) groups excluding carboxylic acids is 3. The van der Waals surface area contributed by atoms with E-state index in [-0.39, 0.29) is 6.54 Å². The number of hydrogen-bond donors (Lipinski definition) is 2. The number of methoxy groups -OCH3 is 1. The van der Waals surface area contributed by atoms with Gasteiger partial charge in [0.05, 0.1) is 13.7 Å². The first-order chi connectivity index (χ1) is 14.4. The fraction of sp³-hybridized carbons (Fsp3) is 0.318. The van der Waals surface area contributed by atoms with E-state index < -0.39 is 23.9 Å². The van der Waals surface area contributed by atoms with Crippen molar-refractivity contribution in [1.82, 2.24) is 10.6 Å². The smallest absolute Gasteiger partial charge is 0.326 e. The molecular formula is C22H26N2O6. The number of ether oxygens (including phenoxy) is 3. The Kier molecular flexibility index (Phi) is 8.68. The lowest BCUT2D eigenvalue weighted by Gasteiger charge is -2.14. The van der Waals surface area contributed by atoms with Crippen molar-refractivity contribution in [2.75, 3.05) is 20.3 Å². The summed E-state index contributed by atoms with van der Waals surface area (Å²) < 4.78 is 15.5. The van der Waals surface area contributed by atoms with Crippen LogP contribution in [0.4, 0.5) is 0 Å². The quantitative estimate of drug-likeness (QED) is 0.577. The monoisotopic (exact) mass is 414 g/mol. The topological polar surface area (TPSA) is 103 Å². The van der Waals surface area contributed by atoms with Crippen LogP contribution in [0.2, 0.25) is 0 Å². The summed E-state index contributed by atoms with van der Waals surface area (Å²) in [5, 5.41) is 5.16. The Morgan fingerprint density at radius 3 is 2.17 bits per heavy atom. The van der Waals surface area contributed by atoms with Gasteiger partial charge in [-0.3, -0.25) is 14.4 Å². The van der Waals surface area contributed by atoms with Crippen molar-refractivity contribution in [2.24, 2.45) is 0 Å². The molecular weight excluding hydrogens is 388 g/mol. The minimum atomic E-state index is -0.988. The van der Waals surface area contributed by atoms with Crippen LogP contribution in [0.3, 0.4) is 0 Å². The number of hydrogen-bond acceptors (Lipinski definition) is 6. The molecule has 0 spiro atoms. The van der Waals surface area contributed by atoms with Crippen LogP contribution in [-0.4, -0.2) is 44.1 Å². The Hall–Kier alpha value is -3.55. The first-order valence-electron chi connectivity index (χ1n) is 9.54. The maximum Gasteiger partial charge on any atom is 0.326 e. The maximum absolute atomic E-state index is 12.1. The van der Waals surface area contributed by atoms with E-state index in [0.717, 1.165) is 11.3 Å². The van der Waals surface area contributed by atoms with Crippen LogP contribution < -0.4 is 20.1 Å². The first kappa shape index (κ1) is 22.7. The van der Waals surface area contributed by atoms with Gasteiger partial charge in [0.2, 0.25) is 0 Å². The molecule has 0 aliphatic carbocycles. The average molecular weight is 414 g/mol. The van der Waals surface area contributed by atoms with Gasteiger partial charge in [-0.15, -0.1) is 0 Å². The number of esters is 1. The van der Waals surface area contributed by atoms with Crippen LogP contribution in [-0.2, 0) is 20.9 Å². The van der Waals surface area contributed by atoms with Crippen LogP contribution in [0.25, 0.3) is 0 Å². The van der Waals surface area contributed by atoms with Crippen LogP contribution in [0.15, 0.2) is 48.5 Å². The summed E-state index contributed by atoms with van der Waals surface area (Å²) in [6.45, 7) is 3.81. The second kappa shape index (κ2) is 11.5. The van der Waals surface area contributed by atoms with Crippen molar-refractivity contribution in [3.63, 3.8) is 0 Å². The zero-order valence-electron chi connectivity index (χ0n) is 17.3. The predicted molar refractivity (Wildman–Crippen MR) is 110 cm³/mol. The van der Waals surface area contributed by atoms with E-state index in [4.69, 9.17) is 14.2 Å². The Morgan fingerprint density at radius 2 is 1.57 bits per heavy atom. The third-order valence-electron chi connectivity index (χ3n) is 4.12. The van der Waals surface area contributed by atoms with Gasteiger partial charge in [-0.1, -0.05) is 12.1 Å². The second-order valence-corrected chi connectivity index (χ2v) is 6.34. The molecule has 0 aliphatic heterocycles. The van der Waals surface area contributed by atoms with Crippen molar-refractivity contribution in [1.29, 1.82) is 0 Å². The third kappa shape index (κ3) is 7.12. The van der Waals surface area contributed by atoms with Crippen molar-refractivity contribution in [3.8, 4) is 11.5 Å². The molecule has 30 heavy (non-hydrogen) atoms. The lowest BCUT2D eigenvalue weighted by molar-refractivity contribution is -0.153. The van der Waals surface area contributed by atoms with E-state index in [2.05, 4.69) is 10.6 Å². The fourth-order valence-electron chi connectivity index (χ4n) is 2.49. The van der Waals surface area contributed by atoms with Gasteiger partial charge in [0.25, 0.3) is 11.8 Å². The number of rotatable bonds is 10. The molecule has 2 rings (SSSR count). The molecule has 0 saturated carbocycles. The largest absolute Gasteiger partial charge is 0.497 e. The Labute approximate surface area is 175 Å². The van der Waals surface area contributed by atoms with Crippen molar-refractivity contribution in [3.05, 3.63) is 59.7 Å². The highest BCUT2D eigenvalue weighted by atomic mass is 16.5. The molecule has 160 valence electrons. The van der Waals surface area contributed by atoms with E-state index >= 15 is 0 Å². The van der Waals surface area contributed by atoms with Crippen LogP contribution >= 0.6 is 0 Å². The Morgan fingerprint density at radius 1 is 0.933 bits per heavy atom.